The third kappa shape index (κ3) is 3.76. The SMILES string of the molecule is COc1ccc(C(N)COc2c(C)cc(C)cc2C)cc1. The Balaban J connectivity index is 2.05. The van der Waals surface area contributed by atoms with Crippen LogP contribution in [-0.2, 0) is 0 Å². The fraction of sp³-hybridized carbons (Fsp3) is 0.333. The first kappa shape index (κ1) is 15.4. The van der Waals surface area contributed by atoms with E-state index in [9.17, 15) is 0 Å². The highest BCUT2D eigenvalue weighted by Crippen LogP contribution is 2.26. The zero-order chi connectivity index (χ0) is 15.4. The van der Waals surface area contributed by atoms with Crippen molar-refractivity contribution in [2.75, 3.05) is 13.7 Å². The lowest BCUT2D eigenvalue weighted by atomic mass is 10.1. The maximum Gasteiger partial charge on any atom is 0.125 e. The molecule has 2 aromatic rings. The molecule has 0 spiro atoms. The van der Waals surface area contributed by atoms with Gasteiger partial charge >= 0.3 is 0 Å². The summed E-state index contributed by atoms with van der Waals surface area (Å²) >= 11 is 0. The first-order valence-corrected chi connectivity index (χ1v) is 7.11. The van der Waals surface area contributed by atoms with Gasteiger partial charge < -0.3 is 15.2 Å². The Labute approximate surface area is 126 Å². The van der Waals surface area contributed by atoms with Crippen LogP contribution in [0.1, 0.15) is 28.3 Å². The van der Waals surface area contributed by atoms with E-state index in [1.807, 2.05) is 24.3 Å². The smallest absolute Gasteiger partial charge is 0.125 e. The maximum absolute atomic E-state index is 6.20. The number of hydrogen-bond acceptors (Lipinski definition) is 3. The van der Waals surface area contributed by atoms with Crippen LogP contribution in [0.2, 0.25) is 0 Å². The van der Waals surface area contributed by atoms with E-state index in [0.717, 1.165) is 28.2 Å². The molecule has 112 valence electrons. The topological polar surface area (TPSA) is 44.5 Å². The average Bonchev–Trinajstić information content (AvgIpc) is 2.46. The zero-order valence-electron chi connectivity index (χ0n) is 13.1. The Morgan fingerprint density at radius 2 is 1.57 bits per heavy atom. The van der Waals surface area contributed by atoms with Gasteiger partial charge in [-0.15, -0.1) is 0 Å². The van der Waals surface area contributed by atoms with Gasteiger partial charge in [0.05, 0.1) is 13.2 Å². The summed E-state index contributed by atoms with van der Waals surface area (Å²) < 4.78 is 11.1. The molecule has 0 saturated carbocycles. The lowest BCUT2D eigenvalue weighted by Crippen LogP contribution is -2.19. The lowest BCUT2D eigenvalue weighted by molar-refractivity contribution is 0.287. The number of methoxy groups -OCH3 is 1. The second-order valence-electron chi connectivity index (χ2n) is 5.42. The molecular formula is C18H23NO2. The van der Waals surface area contributed by atoms with Crippen molar-refractivity contribution in [3.8, 4) is 11.5 Å². The van der Waals surface area contributed by atoms with Crippen LogP contribution in [0.25, 0.3) is 0 Å². The molecule has 1 atom stereocenters. The minimum absolute atomic E-state index is 0.156. The van der Waals surface area contributed by atoms with Gasteiger partial charge in [-0.25, -0.2) is 0 Å². The number of aryl methyl sites for hydroxylation is 3. The van der Waals surface area contributed by atoms with Crippen LogP contribution in [0.5, 0.6) is 11.5 Å². The van der Waals surface area contributed by atoms with Crippen molar-refractivity contribution in [1.82, 2.24) is 0 Å². The van der Waals surface area contributed by atoms with Gasteiger partial charge in [0.25, 0.3) is 0 Å². The molecule has 0 saturated heterocycles. The van der Waals surface area contributed by atoms with E-state index < -0.39 is 0 Å². The van der Waals surface area contributed by atoms with Crippen molar-refractivity contribution in [2.24, 2.45) is 5.73 Å². The summed E-state index contributed by atoms with van der Waals surface area (Å²) in [5, 5.41) is 0. The molecule has 3 nitrogen and oxygen atoms in total. The fourth-order valence-corrected chi connectivity index (χ4v) is 2.51. The van der Waals surface area contributed by atoms with Gasteiger partial charge in [-0.1, -0.05) is 29.8 Å². The van der Waals surface area contributed by atoms with Crippen LogP contribution >= 0.6 is 0 Å². The second kappa shape index (κ2) is 6.64. The van der Waals surface area contributed by atoms with Crippen LogP contribution < -0.4 is 15.2 Å². The molecule has 0 fully saturated rings. The number of benzene rings is 2. The van der Waals surface area contributed by atoms with E-state index in [2.05, 4.69) is 32.9 Å². The quantitative estimate of drug-likeness (QED) is 0.911. The van der Waals surface area contributed by atoms with Gasteiger partial charge in [0.1, 0.15) is 18.1 Å². The van der Waals surface area contributed by atoms with Crippen LogP contribution in [0.3, 0.4) is 0 Å². The van der Waals surface area contributed by atoms with E-state index in [1.165, 1.54) is 5.56 Å². The minimum atomic E-state index is -0.156. The van der Waals surface area contributed by atoms with E-state index in [4.69, 9.17) is 15.2 Å². The minimum Gasteiger partial charge on any atom is -0.497 e. The highest BCUT2D eigenvalue weighted by atomic mass is 16.5. The highest BCUT2D eigenvalue weighted by Gasteiger charge is 2.10. The van der Waals surface area contributed by atoms with E-state index in [0.29, 0.717) is 6.61 Å². The molecule has 2 rings (SSSR count). The largest absolute Gasteiger partial charge is 0.497 e. The lowest BCUT2D eigenvalue weighted by Gasteiger charge is -2.17. The molecule has 0 radical (unpaired) electrons. The third-order valence-electron chi connectivity index (χ3n) is 3.56. The molecule has 0 amide bonds. The van der Waals surface area contributed by atoms with E-state index in [1.54, 1.807) is 7.11 Å². The van der Waals surface area contributed by atoms with Gasteiger partial charge in [-0.3, -0.25) is 0 Å². The Morgan fingerprint density at radius 1 is 1.00 bits per heavy atom. The van der Waals surface area contributed by atoms with Gasteiger partial charge in [-0.2, -0.15) is 0 Å². The standard InChI is InChI=1S/C18H23NO2/c1-12-9-13(2)18(14(3)10-12)21-11-17(19)15-5-7-16(20-4)8-6-15/h5-10,17H,11,19H2,1-4H3. The second-order valence-corrected chi connectivity index (χ2v) is 5.42. The molecule has 0 aromatic heterocycles. The van der Waals surface area contributed by atoms with Crippen LogP contribution in [0, 0.1) is 20.8 Å². The third-order valence-corrected chi connectivity index (χ3v) is 3.56. The Morgan fingerprint density at radius 3 is 2.10 bits per heavy atom. The molecular weight excluding hydrogens is 262 g/mol. The zero-order valence-corrected chi connectivity index (χ0v) is 13.1. The first-order valence-electron chi connectivity index (χ1n) is 7.11. The molecule has 0 aliphatic rings. The summed E-state index contributed by atoms with van der Waals surface area (Å²) in [6.07, 6.45) is 0. The summed E-state index contributed by atoms with van der Waals surface area (Å²) in [6.45, 7) is 6.67. The van der Waals surface area contributed by atoms with Gasteiger partial charge in [0.2, 0.25) is 0 Å². The van der Waals surface area contributed by atoms with Crippen molar-refractivity contribution in [2.45, 2.75) is 26.8 Å². The molecule has 1 unspecified atom stereocenters. The Kier molecular flexibility index (Phi) is 4.86. The molecule has 3 heteroatoms. The number of hydrogen-bond donors (Lipinski definition) is 1. The normalized spacial score (nSPS) is 12.0. The van der Waals surface area contributed by atoms with Crippen LogP contribution in [0.15, 0.2) is 36.4 Å². The van der Waals surface area contributed by atoms with Crippen molar-refractivity contribution in [1.29, 1.82) is 0 Å². The van der Waals surface area contributed by atoms with Crippen molar-refractivity contribution >= 4 is 0 Å². The molecule has 21 heavy (non-hydrogen) atoms. The first-order chi connectivity index (χ1) is 10.0. The van der Waals surface area contributed by atoms with E-state index in [-0.39, 0.29) is 6.04 Å². The average molecular weight is 285 g/mol. The van der Waals surface area contributed by atoms with Crippen LogP contribution in [-0.4, -0.2) is 13.7 Å². The predicted octanol–water partition coefficient (Wildman–Crippen LogP) is 3.70. The summed E-state index contributed by atoms with van der Waals surface area (Å²) in [5.41, 5.74) is 10.8. The predicted molar refractivity (Wildman–Crippen MR) is 86.1 cm³/mol. The highest BCUT2D eigenvalue weighted by molar-refractivity contribution is 5.43. The number of nitrogens with two attached hydrogens (primary N) is 1. The van der Waals surface area contributed by atoms with Gasteiger partial charge in [0, 0.05) is 0 Å². The summed E-state index contributed by atoms with van der Waals surface area (Å²) in [4.78, 5) is 0. The number of rotatable bonds is 5. The van der Waals surface area contributed by atoms with Crippen molar-refractivity contribution in [3.63, 3.8) is 0 Å². The van der Waals surface area contributed by atoms with Crippen molar-refractivity contribution in [3.05, 3.63) is 58.7 Å². The summed E-state index contributed by atoms with van der Waals surface area (Å²) in [7, 11) is 1.65. The molecule has 0 bridgehead atoms. The summed E-state index contributed by atoms with van der Waals surface area (Å²) in [6, 6.07) is 11.9. The van der Waals surface area contributed by atoms with Crippen molar-refractivity contribution < 1.29 is 9.47 Å². The molecule has 0 heterocycles. The molecule has 2 N–H and O–H groups in total. The summed E-state index contributed by atoms with van der Waals surface area (Å²) in [5.74, 6) is 1.77. The molecule has 0 aliphatic heterocycles. The monoisotopic (exact) mass is 285 g/mol. The molecule has 2 aromatic carbocycles. The fourth-order valence-electron chi connectivity index (χ4n) is 2.51. The Hall–Kier alpha value is -2.00. The van der Waals surface area contributed by atoms with Gasteiger partial charge in [0.15, 0.2) is 0 Å². The van der Waals surface area contributed by atoms with Gasteiger partial charge in [-0.05, 0) is 49.6 Å². The Bertz CT molecular complexity index is 582. The van der Waals surface area contributed by atoms with Crippen LogP contribution in [0.4, 0.5) is 0 Å². The number of ether oxygens (including phenoxy) is 2. The molecule has 0 aliphatic carbocycles. The van der Waals surface area contributed by atoms with E-state index >= 15 is 0 Å². The maximum atomic E-state index is 6.20.